The van der Waals surface area contributed by atoms with Gasteiger partial charge in [-0.2, -0.15) is 0 Å². The summed E-state index contributed by atoms with van der Waals surface area (Å²) < 4.78 is 0. The van der Waals surface area contributed by atoms with Crippen LogP contribution in [0.2, 0.25) is 0 Å². The van der Waals surface area contributed by atoms with E-state index >= 15 is 0 Å². The quantitative estimate of drug-likeness (QED) is 0.152. The van der Waals surface area contributed by atoms with Crippen molar-refractivity contribution in [3.8, 4) is 11.1 Å². The number of rotatable bonds is 7. The normalized spacial score (nSPS) is 14.8. The molecule has 0 aromatic heterocycles. The Morgan fingerprint density at radius 1 is 0.418 bits per heavy atom. The lowest BCUT2D eigenvalue weighted by Crippen LogP contribution is -2.16. The van der Waals surface area contributed by atoms with E-state index in [1.54, 1.807) is 0 Å². The van der Waals surface area contributed by atoms with E-state index in [1.807, 2.05) is 0 Å². The number of benzene rings is 8. The molecule has 10 rings (SSSR count). The Morgan fingerprint density at radius 2 is 1.00 bits per heavy atom. The highest BCUT2D eigenvalue weighted by Crippen LogP contribution is 2.51. The fourth-order valence-corrected chi connectivity index (χ4v) is 9.59. The van der Waals surface area contributed by atoms with Gasteiger partial charge in [0.1, 0.15) is 0 Å². The molecule has 2 nitrogen and oxygen atoms in total. The number of anilines is 6. The van der Waals surface area contributed by atoms with Gasteiger partial charge in [0.15, 0.2) is 0 Å². The van der Waals surface area contributed by atoms with E-state index in [0.29, 0.717) is 5.92 Å². The van der Waals surface area contributed by atoms with Crippen molar-refractivity contribution in [2.75, 3.05) is 9.80 Å². The highest BCUT2D eigenvalue weighted by Gasteiger charge is 2.36. The second kappa shape index (κ2) is 13.6. The highest BCUT2D eigenvalue weighted by atomic mass is 15.2. The van der Waals surface area contributed by atoms with Gasteiger partial charge in [-0.15, -0.1) is 0 Å². The average Bonchev–Trinajstić information content (AvgIpc) is 3.47. The van der Waals surface area contributed by atoms with Gasteiger partial charge in [0, 0.05) is 39.2 Å². The van der Waals surface area contributed by atoms with Crippen LogP contribution in [-0.4, -0.2) is 0 Å². The first-order chi connectivity index (χ1) is 27.0. The summed E-state index contributed by atoms with van der Waals surface area (Å²) in [6, 6.07) is 65.4. The first kappa shape index (κ1) is 33.4. The van der Waals surface area contributed by atoms with Gasteiger partial charge in [0.2, 0.25) is 0 Å². The van der Waals surface area contributed by atoms with Crippen LogP contribution < -0.4 is 9.80 Å². The van der Waals surface area contributed by atoms with Gasteiger partial charge in [-0.1, -0.05) is 142 Å². The third kappa shape index (κ3) is 5.79. The van der Waals surface area contributed by atoms with E-state index < -0.39 is 0 Å². The van der Waals surface area contributed by atoms with Crippen LogP contribution in [0.25, 0.3) is 32.7 Å². The van der Waals surface area contributed by atoms with Crippen molar-refractivity contribution in [2.45, 2.75) is 57.3 Å². The molecule has 0 atom stereocenters. The Bertz CT molecular complexity index is 2610. The summed E-state index contributed by atoms with van der Waals surface area (Å²) in [5.74, 6) is 0.665. The Kier molecular flexibility index (Phi) is 8.29. The predicted molar refractivity (Wildman–Crippen MR) is 234 cm³/mol. The van der Waals surface area contributed by atoms with Crippen LogP contribution in [0.5, 0.6) is 0 Å². The van der Waals surface area contributed by atoms with Crippen molar-refractivity contribution >= 4 is 55.7 Å². The second-order valence-corrected chi connectivity index (χ2v) is 16.0. The fraction of sp³-hybridized carbons (Fsp3) is 0.170. The molecule has 0 aliphatic heterocycles. The van der Waals surface area contributed by atoms with Crippen molar-refractivity contribution in [3.63, 3.8) is 0 Å². The zero-order valence-electron chi connectivity index (χ0n) is 31.8. The summed E-state index contributed by atoms with van der Waals surface area (Å²) in [4.78, 5) is 4.88. The predicted octanol–water partition coefficient (Wildman–Crippen LogP) is 15.3. The summed E-state index contributed by atoms with van der Waals surface area (Å²) in [5.41, 5.74) is 13.8. The molecular weight excluding hydrogens is 665 g/mol. The van der Waals surface area contributed by atoms with Crippen LogP contribution in [0.1, 0.15) is 68.6 Å². The summed E-state index contributed by atoms with van der Waals surface area (Å²) in [6.07, 6.45) is 6.64. The summed E-state index contributed by atoms with van der Waals surface area (Å²) in [5, 5.41) is 4.93. The van der Waals surface area contributed by atoms with E-state index in [-0.39, 0.29) is 5.41 Å². The largest absolute Gasteiger partial charge is 0.310 e. The number of para-hydroxylation sites is 2. The zero-order valence-corrected chi connectivity index (χ0v) is 31.8. The standard InChI is InChI=1S/C53H46N2/c1-53(2)50-25-15-14-24-46(50)47-32-30-44(36-51(47)53)54(42-28-26-38(27-29-42)37-16-6-3-7-17-37)43-31-33-48-49(35-43)45-23-13-12-18-39(45)34-52(48)55(40-19-8-4-9-20-40)41-21-10-5-11-22-41/h4-5,8-15,18-37H,3,6-7,16-17H2,1-2H3. The molecule has 0 saturated heterocycles. The highest BCUT2D eigenvalue weighted by molar-refractivity contribution is 6.15. The first-order valence-corrected chi connectivity index (χ1v) is 20.0. The topological polar surface area (TPSA) is 6.48 Å². The van der Waals surface area contributed by atoms with E-state index in [4.69, 9.17) is 0 Å². The first-order valence-electron chi connectivity index (χ1n) is 20.0. The lowest BCUT2D eigenvalue weighted by molar-refractivity contribution is 0.443. The number of nitrogens with zero attached hydrogens (tertiary/aromatic N) is 2. The van der Waals surface area contributed by atoms with Crippen LogP contribution in [0, 0.1) is 0 Å². The van der Waals surface area contributed by atoms with Crippen molar-refractivity contribution < 1.29 is 0 Å². The van der Waals surface area contributed by atoms with Crippen molar-refractivity contribution in [2.24, 2.45) is 0 Å². The van der Waals surface area contributed by atoms with Crippen LogP contribution in [0.3, 0.4) is 0 Å². The zero-order chi connectivity index (χ0) is 36.9. The molecule has 268 valence electrons. The molecule has 0 spiro atoms. The van der Waals surface area contributed by atoms with Crippen LogP contribution in [0.15, 0.2) is 176 Å². The van der Waals surface area contributed by atoms with Gasteiger partial charge >= 0.3 is 0 Å². The van der Waals surface area contributed by atoms with E-state index in [0.717, 1.165) is 22.7 Å². The van der Waals surface area contributed by atoms with Crippen molar-refractivity contribution in [3.05, 3.63) is 193 Å². The number of hydrogen-bond donors (Lipinski definition) is 0. The minimum Gasteiger partial charge on any atom is -0.310 e. The van der Waals surface area contributed by atoms with E-state index in [2.05, 4.69) is 200 Å². The Labute approximate surface area is 325 Å². The molecule has 8 aromatic rings. The van der Waals surface area contributed by atoms with Crippen LogP contribution in [0.4, 0.5) is 34.1 Å². The molecule has 2 heteroatoms. The maximum absolute atomic E-state index is 2.48. The Balaban J connectivity index is 1.18. The number of hydrogen-bond acceptors (Lipinski definition) is 2. The van der Waals surface area contributed by atoms with Crippen LogP contribution >= 0.6 is 0 Å². The van der Waals surface area contributed by atoms with Gasteiger partial charge in [-0.25, -0.2) is 0 Å². The molecule has 8 aromatic carbocycles. The van der Waals surface area contributed by atoms with Crippen molar-refractivity contribution in [1.29, 1.82) is 0 Å². The maximum atomic E-state index is 2.48. The van der Waals surface area contributed by atoms with Crippen LogP contribution in [-0.2, 0) is 5.41 Å². The minimum atomic E-state index is -0.0920. The maximum Gasteiger partial charge on any atom is 0.0546 e. The average molecular weight is 711 g/mol. The lowest BCUT2D eigenvalue weighted by Gasteiger charge is -2.30. The van der Waals surface area contributed by atoms with Crippen molar-refractivity contribution in [1.82, 2.24) is 0 Å². The van der Waals surface area contributed by atoms with Gasteiger partial charge in [-0.05, 0) is 129 Å². The second-order valence-electron chi connectivity index (χ2n) is 16.0. The molecule has 0 heterocycles. The molecular formula is C53H46N2. The minimum absolute atomic E-state index is 0.0920. The number of fused-ring (bicyclic) bond motifs is 6. The Morgan fingerprint density at radius 3 is 1.75 bits per heavy atom. The molecule has 0 radical (unpaired) electrons. The smallest absolute Gasteiger partial charge is 0.0546 e. The monoisotopic (exact) mass is 710 g/mol. The summed E-state index contributed by atoms with van der Waals surface area (Å²) >= 11 is 0. The Hall–Kier alpha value is -6.12. The third-order valence-corrected chi connectivity index (χ3v) is 12.4. The molecule has 0 N–H and O–H groups in total. The SMILES string of the molecule is CC1(C)c2ccccc2-c2ccc(N(c3ccc(C4CCCCC4)cc3)c3ccc4c(N(c5ccccc5)c5ccccc5)cc5ccccc5c4c3)cc21. The third-order valence-electron chi connectivity index (χ3n) is 12.4. The molecule has 55 heavy (non-hydrogen) atoms. The van der Waals surface area contributed by atoms with Gasteiger partial charge in [0.05, 0.1) is 5.69 Å². The lowest BCUT2D eigenvalue weighted by atomic mass is 9.82. The molecule has 1 fully saturated rings. The molecule has 2 aliphatic rings. The van der Waals surface area contributed by atoms with E-state index in [1.165, 1.54) is 92.8 Å². The van der Waals surface area contributed by atoms with E-state index in [9.17, 15) is 0 Å². The summed E-state index contributed by atoms with van der Waals surface area (Å²) in [7, 11) is 0. The van der Waals surface area contributed by atoms with Gasteiger partial charge < -0.3 is 9.80 Å². The molecule has 0 bridgehead atoms. The molecule has 2 aliphatic carbocycles. The molecule has 0 unspecified atom stereocenters. The summed E-state index contributed by atoms with van der Waals surface area (Å²) in [6.45, 7) is 4.75. The van der Waals surface area contributed by atoms with Gasteiger partial charge in [0.25, 0.3) is 0 Å². The molecule has 0 amide bonds. The fourth-order valence-electron chi connectivity index (χ4n) is 9.59. The van der Waals surface area contributed by atoms with Gasteiger partial charge in [-0.3, -0.25) is 0 Å². The molecule has 1 saturated carbocycles.